The number of carbonyl (C=O) groups is 2. The first-order chi connectivity index (χ1) is 12.0. The molecule has 0 heterocycles. The monoisotopic (exact) mass is 341 g/mol. The van der Waals surface area contributed by atoms with Crippen LogP contribution >= 0.6 is 0 Å². The predicted molar refractivity (Wildman–Crippen MR) is 96.0 cm³/mol. The number of nitrogens with one attached hydrogen (secondary N) is 1. The van der Waals surface area contributed by atoms with E-state index in [9.17, 15) is 14.7 Å². The van der Waals surface area contributed by atoms with Crippen molar-refractivity contribution in [3.8, 4) is 5.75 Å². The highest BCUT2D eigenvalue weighted by Gasteiger charge is 2.19. The summed E-state index contributed by atoms with van der Waals surface area (Å²) < 4.78 is 5.38. The minimum absolute atomic E-state index is 0.0787. The van der Waals surface area contributed by atoms with Crippen LogP contribution in [0.25, 0.3) is 0 Å². The van der Waals surface area contributed by atoms with E-state index in [4.69, 9.17) is 4.74 Å². The van der Waals surface area contributed by atoms with Crippen LogP contribution in [0.15, 0.2) is 48.5 Å². The molecule has 0 spiro atoms. The summed E-state index contributed by atoms with van der Waals surface area (Å²) in [5.41, 5.74) is 2.41. The molecule has 2 rings (SSSR count). The Kier molecular flexibility index (Phi) is 6.57. The fourth-order valence-corrected chi connectivity index (χ4v) is 2.52. The second-order valence-electron chi connectivity index (χ2n) is 5.90. The molecule has 0 bridgehead atoms. The third-order valence-electron chi connectivity index (χ3n) is 3.85. The summed E-state index contributed by atoms with van der Waals surface area (Å²) in [7, 11) is 0. The van der Waals surface area contributed by atoms with Gasteiger partial charge in [0.25, 0.3) is 5.91 Å². The Morgan fingerprint density at radius 2 is 1.88 bits per heavy atom. The number of aryl methyl sites for hydroxylation is 1. The Balaban J connectivity index is 1.96. The van der Waals surface area contributed by atoms with Crippen LogP contribution in [-0.2, 0) is 11.2 Å². The van der Waals surface area contributed by atoms with Crippen LogP contribution < -0.4 is 10.1 Å². The maximum Gasteiger partial charge on any atom is 0.308 e. The molecule has 2 N–H and O–H groups in total. The van der Waals surface area contributed by atoms with Gasteiger partial charge >= 0.3 is 5.97 Å². The number of carboxylic acid groups (broad SMARTS) is 1. The summed E-state index contributed by atoms with van der Waals surface area (Å²) in [4.78, 5) is 23.7. The van der Waals surface area contributed by atoms with Gasteiger partial charge in [-0.05, 0) is 50.1 Å². The number of ether oxygens (including phenoxy) is 1. The first-order valence-corrected chi connectivity index (χ1v) is 8.29. The highest BCUT2D eigenvalue weighted by Crippen LogP contribution is 2.15. The topological polar surface area (TPSA) is 75.6 Å². The lowest BCUT2D eigenvalue weighted by Gasteiger charge is -2.14. The second-order valence-corrected chi connectivity index (χ2v) is 5.90. The smallest absolute Gasteiger partial charge is 0.308 e. The van der Waals surface area contributed by atoms with Crippen LogP contribution in [0.1, 0.15) is 28.4 Å². The van der Waals surface area contributed by atoms with Crippen molar-refractivity contribution < 1.29 is 19.4 Å². The number of aliphatic carboxylic acids is 1. The first kappa shape index (κ1) is 18.5. The summed E-state index contributed by atoms with van der Waals surface area (Å²) in [6, 6.07) is 14.5. The third kappa shape index (κ3) is 5.64. The number of benzene rings is 2. The number of amides is 1. The van der Waals surface area contributed by atoms with Crippen molar-refractivity contribution in [1.29, 1.82) is 0 Å². The Morgan fingerprint density at radius 3 is 2.48 bits per heavy atom. The molecule has 2 aromatic carbocycles. The summed E-state index contributed by atoms with van der Waals surface area (Å²) in [5, 5.41) is 12.1. The molecule has 25 heavy (non-hydrogen) atoms. The van der Waals surface area contributed by atoms with E-state index in [0.29, 0.717) is 18.6 Å². The predicted octanol–water partition coefficient (Wildman–Crippen LogP) is 3.07. The quantitative estimate of drug-likeness (QED) is 0.774. The fourth-order valence-electron chi connectivity index (χ4n) is 2.52. The van der Waals surface area contributed by atoms with Gasteiger partial charge in [-0.2, -0.15) is 0 Å². The van der Waals surface area contributed by atoms with Crippen LogP contribution in [-0.4, -0.2) is 30.1 Å². The van der Waals surface area contributed by atoms with E-state index >= 15 is 0 Å². The summed E-state index contributed by atoms with van der Waals surface area (Å²) in [6.45, 7) is 4.48. The normalized spacial score (nSPS) is 11.6. The van der Waals surface area contributed by atoms with Crippen molar-refractivity contribution in [2.45, 2.75) is 20.3 Å². The van der Waals surface area contributed by atoms with Crippen molar-refractivity contribution in [1.82, 2.24) is 5.32 Å². The van der Waals surface area contributed by atoms with Gasteiger partial charge in [-0.1, -0.05) is 29.8 Å². The summed E-state index contributed by atoms with van der Waals surface area (Å²) in [6.07, 6.45) is 0.343. The molecule has 1 amide bonds. The number of hydrogen-bond acceptors (Lipinski definition) is 3. The molecule has 0 aromatic heterocycles. The highest BCUT2D eigenvalue weighted by atomic mass is 16.5. The van der Waals surface area contributed by atoms with Gasteiger partial charge in [-0.3, -0.25) is 9.59 Å². The molecular formula is C20H23NO4. The van der Waals surface area contributed by atoms with E-state index in [-0.39, 0.29) is 12.5 Å². The standard InChI is InChI=1S/C20H23NO4/c1-3-25-18-9-7-15(8-10-18)12-17(20(23)24)13-21-19(22)16-6-4-5-14(2)11-16/h4-11,17H,3,12-13H2,1-2H3,(H,21,22)(H,23,24). The average molecular weight is 341 g/mol. The Labute approximate surface area is 147 Å². The lowest BCUT2D eigenvalue weighted by atomic mass is 9.99. The summed E-state index contributed by atoms with van der Waals surface area (Å²) >= 11 is 0. The first-order valence-electron chi connectivity index (χ1n) is 8.29. The van der Waals surface area contributed by atoms with Gasteiger partial charge in [0.15, 0.2) is 0 Å². The highest BCUT2D eigenvalue weighted by molar-refractivity contribution is 5.94. The largest absolute Gasteiger partial charge is 0.494 e. The van der Waals surface area contributed by atoms with E-state index in [1.807, 2.05) is 44.2 Å². The zero-order chi connectivity index (χ0) is 18.2. The Hall–Kier alpha value is -2.82. The maximum absolute atomic E-state index is 12.2. The molecule has 0 saturated heterocycles. The van der Waals surface area contributed by atoms with Crippen molar-refractivity contribution in [2.24, 2.45) is 5.92 Å². The molecule has 1 atom stereocenters. The van der Waals surface area contributed by atoms with Gasteiger partial charge in [0.05, 0.1) is 12.5 Å². The number of hydrogen-bond donors (Lipinski definition) is 2. The van der Waals surface area contributed by atoms with Crippen molar-refractivity contribution >= 4 is 11.9 Å². The SMILES string of the molecule is CCOc1ccc(CC(CNC(=O)c2cccc(C)c2)C(=O)O)cc1. The van der Waals surface area contributed by atoms with Crippen LogP contribution in [0.4, 0.5) is 0 Å². The van der Waals surface area contributed by atoms with Crippen LogP contribution in [0.3, 0.4) is 0 Å². The molecule has 5 heteroatoms. The Morgan fingerprint density at radius 1 is 1.16 bits per heavy atom. The lowest BCUT2D eigenvalue weighted by Crippen LogP contribution is -2.34. The molecule has 0 radical (unpaired) electrons. The van der Waals surface area contributed by atoms with E-state index < -0.39 is 11.9 Å². The maximum atomic E-state index is 12.2. The Bertz CT molecular complexity index is 725. The van der Waals surface area contributed by atoms with Crippen molar-refractivity contribution in [3.63, 3.8) is 0 Å². The minimum atomic E-state index is -0.932. The molecule has 2 aromatic rings. The van der Waals surface area contributed by atoms with E-state index in [1.165, 1.54) is 0 Å². The average Bonchev–Trinajstić information content (AvgIpc) is 2.59. The second kappa shape index (κ2) is 8.87. The van der Waals surface area contributed by atoms with E-state index in [2.05, 4.69) is 5.32 Å². The number of carboxylic acids is 1. The zero-order valence-corrected chi connectivity index (χ0v) is 14.5. The third-order valence-corrected chi connectivity index (χ3v) is 3.85. The molecule has 1 unspecified atom stereocenters. The van der Waals surface area contributed by atoms with Gasteiger partial charge in [0.2, 0.25) is 0 Å². The van der Waals surface area contributed by atoms with Crippen LogP contribution in [0.2, 0.25) is 0 Å². The molecule has 0 aliphatic carbocycles. The van der Waals surface area contributed by atoms with Crippen LogP contribution in [0.5, 0.6) is 5.75 Å². The van der Waals surface area contributed by atoms with Crippen LogP contribution in [0, 0.1) is 12.8 Å². The minimum Gasteiger partial charge on any atom is -0.494 e. The zero-order valence-electron chi connectivity index (χ0n) is 14.5. The summed E-state index contributed by atoms with van der Waals surface area (Å²) in [5.74, 6) is -1.13. The van der Waals surface area contributed by atoms with E-state index in [1.54, 1.807) is 18.2 Å². The molecule has 0 saturated carbocycles. The molecule has 0 fully saturated rings. The number of carbonyl (C=O) groups excluding carboxylic acids is 1. The van der Waals surface area contributed by atoms with E-state index in [0.717, 1.165) is 16.9 Å². The molecular weight excluding hydrogens is 318 g/mol. The number of rotatable bonds is 8. The fraction of sp³-hybridized carbons (Fsp3) is 0.300. The van der Waals surface area contributed by atoms with Gasteiger partial charge in [0, 0.05) is 12.1 Å². The molecule has 0 aliphatic rings. The molecule has 132 valence electrons. The van der Waals surface area contributed by atoms with Gasteiger partial charge in [-0.15, -0.1) is 0 Å². The lowest BCUT2D eigenvalue weighted by molar-refractivity contribution is -0.141. The van der Waals surface area contributed by atoms with Gasteiger partial charge in [-0.25, -0.2) is 0 Å². The van der Waals surface area contributed by atoms with Crippen molar-refractivity contribution in [3.05, 3.63) is 65.2 Å². The van der Waals surface area contributed by atoms with Gasteiger partial charge in [0.1, 0.15) is 5.75 Å². The molecule has 5 nitrogen and oxygen atoms in total. The van der Waals surface area contributed by atoms with Crippen molar-refractivity contribution in [2.75, 3.05) is 13.2 Å². The van der Waals surface area contributed by atoms with Gasteiger partial charge < -0.3 is 15.2 Å². The molecule has 0 aliphatic heterocycles.